The fourth-order valence-electron chi connectivity index (χ4n) is 3.13. The molecule has 0 heterocycles. The number of para-hydroxylation sites is 3. The fourth-order valence-corrected chi connectivity index (χ4v) is 4.03. The standard InChI is InChI=1S/C24H26N2O4S/c1-18(2)30-23-16-10-8-14-21(23)25-24(27)20-13-7-9-15-22(20)26(31(3,28)29)17-19-11-5-4-6-12-19/h4-16,18H,17H2,1-3H3,(H,25,27). The molecule has 0 aliphatic rings. The molecular formula is C24H26N2O4S. The van der Waals surface area contributed by atoms with Crippen molar-refractivity contribution in [2.24, 2.45) is 0 Å². The molecule has 6 nitrogen and oxygen atoms in total. The predicted octanol–water partition coefficient (Wildman–Crippen LogP) is 4.69. The van der Waals surface area contributed by atoms with E-state index in [9.17, 15) is 13.2 Å². The number of rotatable bonds is 8. The van der Waals surface area contributed by atoms with Crippen LogP contribution >= 0.6 is 0 Å². The van der Waals surface area contributed by atoms with Crippen LogP contribution in [0.2, 0.25) is 0 Å². The zero-order valence-electron chi connectivity index (χ0n) is 17.8. The lowest BCUT2D eigenvalue weighted by atomic mass is 10.1. The third kappa shape index (κ3) is 5.86. The van der Waals surface area contributed by atoms with Crippen LogP contribution in [0.3, 0.4) is 0 Å². The van der Waals surface area contributed by atoms with E-state index < -0.39 is 15.9 Å². The molecule has 0 fully saturated rings. The van der Waals surface area contributed by atoms with Gasteiger partial charge in [-0.05, 0) is 43.7 Å². The Morgan fingerprint density at radius 2 is 1.55 bits per heavy atom. The molecule has 0 spiro atoms. The highest BCUT2D eigenvalue weighted by molar-refractivity contribution is 7.92. The fraction of sp³-hybridized carbons (Fsp3) is 0.208. The maximum Gasteiger partial charge on any atom is 0.257 e. The average Bonchev–Trinajstić information content (AvgIpc) is 2.73. The largest absolute Gasteiger partial charge is 0.489 e. The normalized spacial score (nSPS) is 11.2. The number of benzene rings is 3. The summed E-state index contributed by atoms with van der Waals surface area (Å²) in [6, 6.07) is 23.1. The van der Waals surface area contributed by atoms with Crippen LogP contribution in [-0.2, 0) is 16.6 Å². The molecule has 0 aliphatic heterocycles. The van der Waals surface area contributed by atoms with Gasteiger partial charge in [0.1, 0.15) is 5.75 Å². The molecule has 0 atom stereocenters. The van der Waals surface area contributed by atoms with Crippen molar-refractivity contribution in [1.82, 2.24) is 0 Å². The number of ether oxygens (including phenoxy) is 1. The first kappa shape index (κ1) is 22.4. The Morgan fingerprint density at radius 1 is 0.935 bits per heavy atom. The third-order valence-electron chi connectivity index (χ3n) is 4.48. The third-order valence-corrected chi connectivity index (χ3v) is 5.61. The van der Waals surface area contributed by atoms with Crippen LogP contribution in [0.4, 0.5) is 11.4 Å². The van der Waals surface area contributed by atoms with Crippen molar-refractivity contribution in [3.63, 3.8) is 0 Å². The second kappa shape index (κ2) is 9.66. The van der Waals surface area contributed by atoms with Crippen molar-refractivity contribution in [3.05, 3.63) is 90.0 Å². The van der Waals surface area contributed by atoms with Gasteiger partial charge in [-0.15, -0.1) is 0 Å². The molecule has 0 saturated heterocycles. The summed E-state index contributed by atoms with van der Waals surface area (Å²) in [6.45, 7) is 3.93. The second-order valence-electron chi connectivity index (χ2n) is 7.39. The van der Waals surface area contributed by atoms with Gasteiger partial charge in [0.2, 0.25) is 10.0 Å². The van der Waals surface area contributed by atoms with Crippen molar-refractivity contribution < 1.29 is 17.9 Å². The van der Waals surface area contributed by atoms with E-state index in [1.165, 1.54) is 4.31 Å². The number of carbonyl (C=O) groups is 1. The smallest absolute Gasteiger partial charge is 0.257 e. The van der Waals surface area contributed by atoms with E-state index in [0.717, 1.165) is 11.8 Å². The number of nitrogens with zero attached hydrogens (tertiary/aromatic N) is 1. The minimum atomic E-state index is -3.64. The molecule has 0 aromatic heterocycles. The highest BCUT2D eigenvalue weighted by Gasteiger charge is 2.24. The minimum absolute atomic E-state index is 0.0584. The van der Waals surface area contributed by atoms with Gasteiger partial charge in [0.25, 0.3) is 5.91 Å². The highest BCUT2D eigenvalue weighted by atomic mass is 32.2. The van der Waals surface area contributed by atoms with Gasteiger partial charge in [-0.1, -0.05) is 54.6 Å². The van der Waals surface area contributed by atoms with E-state index in [2.05, 4.69) is 5.32 Å². The Morgan fingerprint density at radius 3 is 2.23 bits per heavy atom. The molecule has 3 aromatic carbocycles. The molecule has 0 bridgehead atoms. The maximum atomic E-state index is 13.2. The molecular weight excluding hydrogens is 412 g/mol. The Bertz CT molecular complexity index is 1150. The number of nitrogens with one attached hydrogen (secondary N) is 1. The summed E-state index contributed by atoms with van der Waals surface area (Å²) in [5.41, 5.74) is 1.90. The van der Waals surface area contributed by atoms with Crippen molar-refractivity contribution >= 4 is 27.3 Å². The summed E-state index contributed by atoms with van der Waals surface area (Å²) < 4.78 is 32.3. The topological polar surface area (TPSA) is 75.7 Å². The number of hydrogen-bond donors (Lipinski definition) is 1. The van der Waals surface area contributed by atoms with Gasteiger partial charge in [-0.2, -0.15) is 0 Å². The summed E-state index contributed by atoms with van der Waals surface area (Å²) in [4.78, 5) is 13.2. The quantitative estimate of drug-likeness (QED) is 0.553. The van der Waals surface area contributed by atoms with Gasteiger partial charge in [0.15, 0.2) is 0 Å². The van der Waals surface area contributed by atoms with Crippen LogP contribution in [0.25, 0.3) is 0 Å². The lowest BCUT2D eigenvalue weighted by Gasteiger charge is -2.25. The zero-order valence-corrected chi connectivity index (χ0v) is 18.6. The van der Waals surface area contributed by atoms with Crippen LogP contribution in [0.1, 0.15) is 29.8 Å². The second-order valence-corrected chi connectivity index (χ2v) is 9.30. The Kier molecular flexibility index (Phi) is 6.97. The molecule has 3 aromatic rings. The van der Waals surface area contributed by atoms with E-state index in [0.29, 0.717) is 17.1 Å². The molecule has 31 heavy (non-hydrogen) atoms. The summed E-state index contributed by atoms with van der Waals surface area (Å²) in [7, 11) is -3.64. The van der Waals surface area contributed by atoms with Crippen LogP contribution in [0, 0.1) is 0 Å². The molecule has 0 aliphatic carbocycles. The Labute approximate surface area is 183 Å². The molecule has 1 N–H and O–H groups in total. The number of amides is 1. The first-order valence-corrected chi connectivity index (χ1v) is 11.8. The van der Waals surface area contributed by atoms with Crippen LogP contribution < -0.4 is 14.4 Å². The summed E-state index contributed by atoms with van der Waals surface area (Å²) in [5.74, 6) is 0.129. The molecule has 0 unspecified atom stereocenters. The molecule has 1 amide bonds. The highest BCUT2D eigenvalue weighted by Crippen LogP contribution is 2.29. The van der Waals surface area contributed by atoms with E-state index in [4.69, 9.17) is 4.74 Å². The van der Waals surface area contributed by atoms with Gasteiger partial charge < -0.3 is 10.1 Å². The number of hydrogen-bond acceptors (Lipinski definition) is 4. The van der Waals surface area contributed by atoms with Crippen LogP contribution in [-0.4, -0.2) is 26.7 Å². The molecule has 162 valence electrons. The molecule has 0 saturated carbocycles. The summed E-state index contributed by atoms with van der Waals surface area (Å²) in [5, 5.41) is 2.86. The number of anilines is 2. The Balaban J connectivity index is 1.96. The number of carbonyl (C=O) groups excluding carboxylic acids is 1. The van der Waals surface area contributed by atoms with Gasteiger partial charge in [-0.25, -0.2) is 8.42 Å². The lowest BCUT2D eigenvalue weighted by Crippen LogP contribution is -2.31. The van der Waals surface area contributed by atoms with Gasteiger partial charge in [-0.3, -0.25) is 9.10 Å². The average molecular weight is 439 g/mol. The van der Waals surface area contributed by atoms with Crippen molar-refractivity contribution in [2.75, 3.05) is 15.9 Å². The van der Waals surface area contributed by atoms with Crippen LogP contribution in [0.5, 0.6) is 5.75 Å². The van der Waals surface area contributed by atoms with Crippen molar-refractivity contribution in [3.8, 4) is 5.75 Å². The van der Waals surface area contributed by atoms with Crippen molar-refractivity contribution in [1.29, 1.82) is 0 Å². The maximum absolute atomic E-state index is 13.2. The SMILES string of the molecule is CC(C)Oc1ccccc1NC(=O)c1ccccc1N(Cc1ccccc1)S(C)(=O)=O. The monoisotopic (exact) mass is 438 g/mol. The van der Waals surface area contributed by atoms with Crippen molar-refractivity contribution in [2.45, 2.75) is 26.5 Å². The Hall–Kier alpha value is -3.32. The van der Waals surface area contributed by atoms with Gasteiger partial charge in [0.05, 0.1) is 35.8 Å². The van der Waals surface area contributed by atoms with E-state index >= 15 is 0 Å². The summed E-state index contributed by atoms with van der Waals surface area (Å²) >= 11 is 0. The van der Waals surface area contributed by atoms with Gasteiger partial charge >= 0.3 is 0 Å². The first-order valence-electron chi connectivity index (χ1n) is 9.93. The summed E-state index contributed by atoms with van der Waals surface area (Å²) in [6.07, 6.45) is 1.08. The van der Waals surface area contributed by atoms with Crippen LogP contribution in [0.15, 0.2) is 78.9 Å². The lowest BCUT2D eigenvalue weighted by molar-refractivity contribution is 0.102. The van der Waals surface area contributed by atoms with Gasteiger partial charge in [0, 0.05) is 0 Å². The van der Waals surface area contributed by atoms with E-state index in [1.54, 1.807) is 42.5 Å². The number of sulfonamides is 1. The minimum Gasteiger partial charge on any atom is -0.489 e. The predicted molar refractivity (Wildman–Crippen MR) is 124 cm³/mol. The zero-order chi connectivity index (χ0) is 22.4. The molecule has 0 radical (unpaired) electrons. The molecule has 3 rings (SSSR count). The van der Waals surface area contributed by atoms with E-state index in [1.807, 2.05) is 50.2 Å². The molecule has 7 heteroatoms. The van der Waals surface area contributed by atoms with E-state index in [-0.39, 0.29) is 18.2 Å². The first-order chi connectivity index (χ1) is 14.8.